The number of carbonyl (C=O) groups excluding carboxylic acids is 1. The van der Waals surface area contributed by atoms with Gasteiger partial charge in [0.2, 0.25) is 0 Å². The van der Waals surface area contributed by atoms with Gasteiger partial charge >= 0.3 is 0 Å². The number of carbonyl (C=O) groups is 1. The van der Waals surface area contributed by atoms with E-state index in [1.807, 2.05) is 24.3 Å². The number of amides is 1. The lowest BCUT2D eigenvalue weighted by Crippen LogP contribution is -2.36. The first-order valence-corrected chi connectivity index (χ1v) is 11.3. The lowest BCUT2D eigenvalue weighted by atomic mass is 10.2. The van der Waals surface area contributed by atoms with Crippen LogP contribution in [0.25, 0.3) is 0 Å². The zero-order valence-electron chi connectivity index (χ0n) is 17.8. The molecule has 1 aliphatic heterocycles. The molecule has 0 aliphatic carbocycles. The molecule has 33 heavy (non-hydrogen) atoms. The van der Waals surface area contributed by atoms with Gasteiger partial charge in [0, 0.05) is 34.4 Å². The molecule has 6 nitrogen and oxygen atoms in total. The van der Waals surface area contributed by atoms with Crippen LogP contribution in [0.15, 0.2) is 71.8 Å². The average Bonchev–Trinajstić information content (AvgIpc) is 2.84. The van der Waals surface area contributed by atoms with Crippen molar-refractivity contribution in [1.29, 1.82) is 0 Å². The number of morpholine rings is 1. The predicted octanol–water partition coefficient (Wildman–Crippen LogP) is 5.17. The van der Waals surface area contributed by atoms with Crippen LogP contribution in [0.3, 0.4) is 0 Å². The number of halogens is 2. The summed E-state index contributed by atoms with van der Waals surface area (Å²) >= 11 is 12.1. The molecule has 4 rings (SSSR count). The smallest absolute Gasteiger partial charge is 0.275 e. The van der Waals surface area contributed by atoms with Gasteiger partial charge in [0.05, 0.1) is 25.0 Å². The van der Waals surface area contributed by atoms with Gasteiger partial charge in [-0.1, -0.05) is 53.5 Å². The van der Waals surface area contributed by atoms with Crippen molar-refractivity contribution in [1.82, 2.24) is 5.43 Å². The van der Waals surface area contributed by atoms with Crippen molar-refractivity contribution in [2.24, 2.45) is 5.10 Å². The normalized spacial score (nSPS) is 13.8. The first kappa shape index (κ1) is 23.1. The Morgan fingerprint density at radius 1 is 1.06 bits per heavy atom. The third-order valence-electron chi connectivity index (χ3n) is 5.18. The van der Waals surface area contributed by atoms with Crippen LogP contribution < -0.4 is 15.1 Å². The van der Waals surface area contributed by atoms with Crippen LogP contribution in [0.4, 0.5) is 5.69 Å². The van der Waals surface area contributed by atoms with Crippen LogP contribution in [-0.2, 0) is 11.3 Å². The van der Waals surface area contributed by atoms with Crippen LogP contribution >= 0.6 is 23.2 Å². The fraction of sp³-hybridized carbons (Fsp3) is 0.200. The van der Waals surface area contributed by atoms with Gasteiger partial charge in [-0.2, -0.15) is 5.10 Å². The Morgan fingerprint density at radius 3 is 2.58 bits per heavy atom. The van der Waals surface area contributed by atoms with E-state index < -0.39 is 0 Å². The second-order valence-corrected chi connectivity index (χ2v) is 8.25. The van der Waals surface area contributed by atoms with Gasteiger partial charge in [0.25, 0.3) is 5.91 Å². The summed E-state index contributed by atoms with van der Waals surface area (Å²) in [6.07, 6.45) is 1.61. The van der Waals surface area contributed by atoms with Crippen LogP contribution in [0.1, 0.15) is 21.5 Å². The molecule has 0 spiro atoms. The SMILES string of the molecule is O=C(N/N=C\c1ccc(N2CCOCC2)cc1)c1ccccc1OCc1ccc(Cl)cc1Cl. The number of ether oxygens (including phenoxy) is 2. The molecule has 1 N–H and O–H groups in total. The monoisotopic (exact) mass is 483 g/mol. The van der Waals surface area contributed by atoms with E-state index >= 15 is 0 Å². The summed E-state index contributed by atoms with van der Waals surface area (Å²) in [6, 6.07) is 20.2. The lowest BCUT2D eigenvalue weighted by molar-refractivity contribution is 0.0950. The predicted molar refractivity (Wildman–Crippen MR) is 132 cm³/mol. The van der Waals surface area contributed by atoms with Crippen molar-refractivity contribution >= 4 is 41.0 Å². The quantitative estimate of drug-likeness (QED) is 0.371. The third-order valence-corrected chi connectivity index (χ3v) is 5.77. The Kier molecular flexibility index (Phi) is 7.83. The highest BCUT2D eigenvalue weighted by atomic mass is 35.5. The summed E-state index contributed by atoms with van der Waals surface area (Å²) in [5.74, 6) is 0.0695. The molecule has 0 bridgehead atoms. The molecule has 1 heterocycles. The topological polar surface area (TPSA) is 63.2 Å². The number of hydrogen-bond acceptors (Lipinski definition) is 5. The maximum atomic E-state index is 12.7. The summed E-state index contributed by atoms with van der Waals surface area (Å²) in [5.41, 5.74) is 5.74. The average molecular weight is 484 g/mol. The maximum Gasteiger partial charge on any atom is 0.275 e. The first-order chi connectivity index (χ1) is 16.1. The van der Waals surface area contributed by atoms with E-state index in [1.54, 1.807) is 48.7 Å². The number of hydrogen-bond donors (Lipinski definition) is 1. The summed E-state index contributed by atoms with van der Waals surface area (Å²) in [5, 5.41) is 5.15. The van der Waals surface area contributed by atoms with E-state index in [2.05, 4.69) is 15.4 Å². The molecule has 8 heteroatoms. The molecule has 0 atom stereocenters. The van der Waals surface area contributed by atoms with E-state index in [9.17, 15) is 4.79 Å². The number of rotatable bonds is 7. The van der Waals surface area contributed by atoms with Crippen LogP contribution in [0.2, 0.25) is 10.0 Å². The van der Waals surface area contributed by atoms with Crippen LogP contribution in [0.5, 0.6) is 5.75 Å². The number of nitrogens with one attached hydrogen (secondary N) is 1. The molecule has 0 unspecified atom stereocenters. The second kappa shape index (κ2) is 11.2. The second-order valence-electron chi connectivity index (χ2n) is 7.41. The lowest BCUT2D eigenvalue weighted by Gasteiger charge is -2.28. The molecule has 3 aromatic rings. The minimum Gasteiger partial charge on any atom is -0.488 e. The van der Waals surface area contributed by atoms with E-state index in [-0.39, 0.29) is 12.5 Å². The van der Waals surface area contributed by atoms with Crippen molar-refractivity contribution < 1.29 is 14.3 Å². The van der Waals surface area contributed by atoms with Crippen molar-refractivity contribution in [2.75, 3.05) is 31.2 Å². The first-order valence-electron chi connectivity index (χ1n) is 10.5. The van der Waals surface area contributed by atoms with Gasteiger partial charge < -0.3 is 14.4 Å². The molecular formula is C25H23Cl2N3O3. The van der Waals surface area contributed by atoms with E-state index in [4.69, 9.17) is 32.7 Å². The number of benzene rings is 3. The highest BCUT2D eigenvalue weighted by Gasteiger charge is 2.13. The number of hydrazone groups is 1. The van der Waals surface area contributed by atoms with Crippen LogP contribution in [0, 0.1) is 0 Å². The Labute approximate surface area is 202 Å². The summed E-state index contributed by atoms with van der Waals surface area (Å²) < 4.78 is 11.2. The van der Waals surface area contributed by atoms with Gasteiger partial charge in [-0.15, -0.1) is 0 Å². The molecule has 1 fully saturated rings. The molecule has 170 valence electrons. The molecule has 0 aromatic heterocycles. The standard InChI is InChI=1S/C25H23Cl2N3O3/c26-20-8-7-19(23(27)15-20)17-33-24-4-2-1-3-22(24)25(31)29-28-16-18-5-9-21(10-6-18)30-11-13-32-14-12-30/h1-10,15-16H,11-14,17H2,(H,29,31)/b28-16-. The van der Waals surface area contributed by atoms with Crippen molar-refractivity contribution in [3.63, 3.8) is 0 Å². The maximum absolute atomic E-state index is 12.7. The summed E-state index contributed by atoms with van der Waals surface area (Å²) in [4.78, 5) is 15.0. The highest BCUT2D eigenvalue weighted by Crippen LogP contribution is 2.24. The Morgan fingerprint density at radius 2 is 1.82 bits per heavy atom. The molecular weight excluding hydrogens is 461 g/mol. The number of anilines is 1. The molecule has 1 saturated heterocycles. The minimum absolute atomic E-state index is 0.207. The number of nitrogens with zero attached hydrogens (tertiary/aromatic N) is 2. The largest absolute Gasteiger partial charge is 0.488 e. The Hall–Kier alpha value is -3.06. The van der Waals surface area contributed by atoms with E-state index in [1.165, 1.54) is 0 Å². The van der Waals surface area contributed by atoms with Gasteiger partial charge in [-0.3, -0.25) is 4.79 Å². The summed E-state index contributed by atoms with van der Waals surface area (Å²) in [6.45, 7) is 3.46. The molecule has 1 amide bonds. The van der Waals surface area contributed by atoms with E-state index in [0.29, 0.717) is 21.4 Å². The molecule has 1 aliphatic rings. The summed E-state index contributed by atoms with van der Waals surface area (Å²) in [7, 11) is 0. The Balaban J connectivity index is 1.36. The third kappa shape index (κ3) is 6.26. The van der Waals surface area contributed by atoms with Crippen molar-refractivity contribution in [2.45, 2.75) is 6.61 Å². The zero-order chi connectivity index (χ0) is 23.0. The highest BCUT2D eigenvalue weighted by molar-refractivity contribution is 6.35. The van der Waals surface area contributed by atoms with Gasteiger partial charge in [-0.25, -0.2) is 5.43 Å². The minimum atomic E-state index is -0.367. The molecule has 0 saturated carbocycles. The molecule has 3 aromatic carbocycles. The number of para-hydroxylation sites is 1. The fourth-order valence-electron chi connectivity index (χ4n) is 3.39. The van der Waals surface area contributed by atoms with Crippen LogP contribution in [-0.4, -0.2) is 38.4 Å². The Bertz CT molecular complexity index is 1130. The molecule has 0 radical (unpaired) electrons. The van der Waals surface area contributed by atoms with Gasteiger partial charge in [-0.05, 0) is 42.0 Å². The van der Waals surface area contributed by atoms with E-state index in [0.717, 1.165) is 43.1 Å². The van der Waals surface area contributed by atoms with Crippen molar-refractivity contribution in [3.8, 4) is 5.75 Å². The fourth-order valence-corrected chi connectivity index (χ4v) is 3.86. The zero-order valence-corrected chi connectivity index (χ0v) is 19.4. The van der Waals surface area contributed by atoms with Crippen molar-refractivity contribution in [3.05, 3.63) is 93.5 Å². The van der Waals surface area contributed by atoms with Gasteiger partial charge in [0.15, 0.2) is 0 Å². The van der Waals surface area contributed by atoms with Gasteiger partial charge in [0.1, 0.15) is 12.4 Å².